The summed E-state index contributed by atoms with van der Waals surface area (Å²) in [6.07, 6.45) is 0.205. The van der Waals surface area contributed by atoms with Gasteiger partial charge in [0.1, 0.15) is 5.82 Å². The Balaban J connectivity index is 1.65. The van der Waals surface area contributed by atoms with E-state index in [2.05, 4.69) is 14.9 Å². The van der Waals surface area contributed by atoms with E-state index in [1.807, 2.05) is 0 Å². The summed E-state index contributed by atoms with van der Waals surface area (Å²) in [4.78, 5) is -0.00122. The Morgan fingerprint density at radius 3 is 2.69 bits per heavy atom. The van der Waals surface area contributed by atoms with Crippen LogP contribution in [0.15, 0.2) is 51.8 Å². The number of aryl methyl sites for hydroxylation is 1. The number of hydrogen-bond acceptors (Lipinski definition) is 5. The van der Waals surface area contributed by atoms with Gasteiger partial charge in [-0.05, 0) is 42.8 Å². The highest BCUT2D eigenvalue weighted by Gasteiger charge is 2.16. The standard InChI is InChI=1S/C17H15ClFN3O3S/c1-11-10-12(6-7-15(11)19)26(23,24)20-9-8-16-21-22-17(25-16)13-4-2-3-5-14(13)18/h2-7,10,20H,8-9H2,1H3. The summed E-state index contributed by atoms with van der Waals surface area (Å²) in [5, 5.41) is 8.30. The zero-order chi connectivity index (χ0) is 18.7. The highest BCUT2D eigenvalue weighted by molar-refractivity contribution is 7.89. The van der Waals surface area contributed by atoms with Crippen LogP contribution in [0.4, 0.5) is 4.39 Å². The van der Waals surface area contributed by atoms with Gasteiger partial charge in [-0.1, -0.05) is 23.7 Å². The fourth-order valence-electron chi connectivity index (χ4n) is 2.26. The maximum absolute atomic E-state index is 13.3. The number of nitrogens with one attached hydrogen (secondary N) is 1. The van der Waals surface area contributed by atoms with Crippen molar-refractivity contribution >= 4 is 21.6 Å². The lowest BCUT2D eigenvalue weighted by atomic mass is 10.2. The Kier molecular flexibility index (Phi) is 5.36. The molecule has 0 fully saturated rings. The minimum atomic E-state index is -3.75. The summed E-state index contributed by atoms with van der Waals surface area (Å²) in [7, 11) is -3.75. The second-order valence-electron chi connectivity index (χ2n) is 5.54. The van der Waals surface area contributed by atoms with Crippen molar-refractivity contribution in [2.24, 2.45) is 0 Å². The molecule has 1 heterocycles. The molecule has 0 amide bonds. The quantitative estimate of drug-likeness (QED) is 0.691. The molecular weight excluding hydrogens is 381 g/mol. The van der Waals surface area contributed by atoms with E-state index in [0.717, 1.165) is 6.07 Å². The van der Waals surface area contributed by atoms with Crippen molar-refractivity contribution in [3.63, 3.8) is 0 Å². The zero-order valence-corrected chi connectivity index (χ0v) is 15.3. The molecule has 1 N–H and O–H groups in total. The van der Waals surface area contributed by atoms with Crippen LogP contribution >= 0.6 is 11.6 Å². The molecule has 136 valence electrons. The minimum absolute atomic E-state index is 0.00122. The van der Waals surface area contributed by atoms with Gasteiger partial charge in [0.05, 0.1) is 15.5 Å². The maximum atomic E-state index is 13.3. The third-order valence-electron chi connectivity index (χ3n) is 3.64. The van der Waals surface area contributed by atoms with Crippen molar-refractivity contribution in [1.82, 2.24) is 14.9 Å². The highest BCUT2D eigenvalue weighted by atomic mass is 35.5. The van der Waals surface area contributed by atoms with Crippen molar-refractivity contribution in [2.45, 2.75) is 18.2 Å². The smallest absolute Gasteiger partial charge is 0.249 e. The summed E-state index contributed by atoms with van der Waals surface area (Å²) >= 11 is 6.08. The lowest BCUT2D eigenvalue weighted by Crippen LogP contribution is -2.26. The average molecular weight is 396 g/mol. The number of nitrogens with zero attached hydrogens (tertiary/aromatic N) is 2. The molecule has 1 aromatic heterocycles. The highest BCUT2D eigenvalue weighted by Crippen LogP contribution is 2.26. The second-order valence-corrected chi connectivity index (χ2v) is 7.71. The van der Waals surface area contributed by atoms with Gasteiger partial charge in [0.2, 0.25) is 21.8 Å². The Morgan fingerprint density at radius 1 is 1.19 bits per heavy atom. The fourth-order valence-corrected chi connectivity index (χ4v) is 3.59. The molecule has 0 saturated heterocycles. The van der Waals surface area contributed by atoms with Gasteiger partial charge in [0, 0.05) is 13.0 Å². The molecule has 3 rings (SSSR count). The third-order valence-corrected chi connectivity index (χ3v) is 5.43. The lowest BCUT2D eigenvalue weighted by molar-refractivity contribution is 0.502. The van der Waals surface area contributed by atoms with Gasteiger partial charge >= 0.3 is 0 Å². The predicted octanol–water partition coefficient (Wildman–Crippen LogP) is 3.36. The molecule has 0 saturated carbocycles. The molecule has 0 bridgehead atoms. The van der Waals surface area contributed by atoms with Crippen molar-refractivity contribution in [3.05, 3.63) is 64.8 Å². The molecule has 0 aliphatic rings. The van der Waals surface area contributed by atoms with Gasteiger partial charge in [-0.15, -0.1) is 10.2 Å². The van der Waals surface area contributed by atoms with Gasteiger partial charge in [0.15, 0.2) is 0 Å². The van der Waals surface area contributed by atoms with Gasteiger partial charge in [0.25, 0.3) is 0 Å². The largest absolute Gasteiger partial charge is 0.421 e. The number of rotatable bonds is 6. The third kappa shape index (κ3) is 4.09. The van der Waals surface area contributed by atoms with Crippen LogP contribution in [0.3, 0.4) is 0 Å². The zero-order valence-electron chi connectivity index (χ0n) is 13.7. The fraction of sp³-hybridized carbons (Fsp3) is 0.176. The van der Waals surface area contributed by atoms with Crippen LogP contribution in [-0.4, -0.2) is 25.2 Å². The van der Waals surface area contributed by atoms with Crippen LogP contribution in [0.5, 0.6) is 0 Å². The Bertz CT molecular complexity index is 1040. The SMILES string of the molecule is Cc1cc(S(=O)(=O)NCCc2nnc(-c3ccccc3Cl)o2)ccc1F. The van der Waals surface area contributed by atoms with E-state index >= 15 is 0 Å². The van der Waals surface area contributed by atoms with Crippen LogP contribution in [0.25, 0.3) is 11.5 Å². The van der Waals surface area contributed by atoms with Crippen molar-refractivity contribution in [1.29, 1.82) is 0 Å². The summed E-state index contributed by atoms with van der Waals surface area (Å²) in [5.74, 6) is 0.0856. The van der Waals surface area contributed by atoms with Crippen molar-refractivity contribution < 1.29 is 17.2 Å². The molecule has 0 spiro atoms. The first kappa shape index (κ1) is 18.5. The van der Waals surface area contributed by atoms with Gasteiger partial charge in [-0.2, -0.15) is 0 Å². The molecule has 3 aromatic rings. The molecule has 26 heavy (non-hydrogen) atoms. The number of benzene rings is 2. The summed E-state index contributed by atoms with van der Waals surface area (Å²) in [6, 6.07) is 10.7. The van der Waals surface area contributed by atoms with E-state index in [1.54, 1.807) is 24.3 Å². The first-order valence-corrected chi connectivity index (χ1v) is 9.56. The number of sulfonamides is 1. The predicted molar refractivity (Wildman–Crippen MR) is 94.8 cm³/mol. The Hall–Kier alpha value is -2.29. The molecule has 6 nitrogen and oxygen atoms in total. The summed E-state index contributed by atoms with van der Waals surface area (Å²) in [5.41, 5.74) is 0.865. The molecule has 0 unspecified atom stereocenters. The summed E-state index contributed by atoms with van der Waals surface area (Å²) < 4.78 is 45.7. The van der Waals surface area contributed by atoms with Crippen molar-refractivity contribution in [3.8, 4) is 11.5 Å². The van der Waals surface area contributed by atoms with Crippen LogP contribution < -0.4 is 4.72 Å². The van der Waals surface area contributed by atoms with Gasteiger partial charge in [-0.25, -0.2) is 17.5 Å². The van der Waals surface area contributed by atoms with Gasteiger partial charge in [-0.3, -0.25) is 0 Å². The molecule has 0 atom stereocenters. The summed E-state index contributed by atoms with van der Waals surface area (Å²) in [6.45, 7) is 1.56. The molecule has 0 aliphatic carbocycles. The van der Waals surface area contributed by atoms with E-state index < -0.39 is 15.8 Å². The Morgan fingerprint density at radius 2 is 1.96 bits per heavy atom. The van der Waals surface area contributed by atoms with Crippen LogP contribution in [-0.2, 0) is 16.4 Å². The first-order chi connectivity index (χ1) is 12.4. The lowest BCUT2D eigenvalue weighted by Gasteiger charge is -2.06. The first-order valence-electron chi connectivity index (χ1n) is 7.70. The number of halogens is 2. The average Bonchev–Trinajstić information content (AvgIpc) is 3.06. The van der Waals surface area contributed by atoms with Crippen LogP contribution in [0.1, 0.15) is 11.5 Å². The second kappa shape index (κ2) is 7.53. The van der Waals surface area contributed by atoms with Gasteiger partial charge < -0.3 is 4.42 Å². The van der Waals surface area contributed by atoms with E-state index in [0.29, 0.717) is 10.6 Å². The van der Waals surface area contributed by atoms with E-state index in [1.165, 1.54) is 19.1 Å². The molecular formula is C17H15ClFN3O3S. The number of hydrogen-bond donors (Lipinski definition) is 1. The van der Waals surface area contributed by atoms with Crippen LogP contribution in [0, 0.1) is 12.7 Å². The van der Waals surface area contributed by atoms with E-state index in [-0.39, 0.29) is 35.2 Å². The number of aromatic nitrogens is 2. The van der Waals surface area contributed by atoms with E-state index in [9.17, 15) is 12.8 Å². The van der Waals surface area contributed by atoms with E-state index in [4.69, 9.17) is 16.0 Å². The van der Waals surface area contributed by atoms with Crippen LogP contribution in [0.2, 0.25) is 5.02 Å². The molecule has 0 aliphatic heterocycles. The topological polar surface area (TPSA) is 85.1 Å². The maximum Gasteiger partial charge on any atom is 0.249 e. The molecule has 2 aromatic carbocycles. The molecule has 9 heteroatoms. The minimum Gasteiger partial charge on any atom is -0.421 e. The molecule has 0 radical (unpaired) electrons. The normalized spacial score (nSPS) is 11.7. The monoisotopic (exact) mass is 395 g/mol. The van der Waals surface area contributed by atoms with Crippen molar-refractivity contribution in [2.75, 3.05) is 6.54 Å². The Labute approximate surface area is 155 Å².